The Morgan fingerprint density at radius 3 is 2.30 bits per heavy atom. The average Bonchev–Trinajstić information content (AvgIpc) is 1.98. The van der Waals surface area contributed by atoms with Crippen molar-refractivity contribution in [3.63, 3.8) is 0 Å². The monoisotopic (exact) mass is 150 g/mol. The molecule has 0 aliphatic carbocycles. The molecule has 0 radical (unpaired) electrons. The summed E-state index contributed by atoms with van der Waals surface area (Å²) in [6.07, 6.45) is 0. The molecule has 0 saturated carbocycles. The molecule has 0 atom stereocenters. The number of hydrogen-bond donors (Lipinski definition) is 0. The van der Waals surface area contributed by atoms with Gasteiger partial charge < -0.3 is 9.80 Å². The number of hydrogen-bond acceptors (Lipinski definition) is 2. The van der Waals surface area contributed by atoms with E-state index in [0.29, 0.717) is 11.4 Å². The lowest BCUT2D eigenvalue weighted by atomic mass is 10.3. The first-order valence-electron chi connectivity index (χ1n) is 6.44. The highest BCUT2D eigenvalue weighted by Gasteiger charge is 2.01. The summed E-state index contributed by atoms with van der Waals surface area (Å²) in [4.78, 5) is 2.49. The Bertz CT molecular complexity index is 196. The first-order chi connectivity index (χ1) is 6.96. The van der Waals surface area contributed by atoms with E-state index in [0.717, 1.165) is 0 Å². The Labute approximate surface area is 73.2 Å². The lowest BCUT2D eigenvalue weighted by Crippen LogP contribution is -2.33. The molecule has 10 heavy (non-hydrogen) atoms. The van der Waals surface area contributed by atoms with Crippen LogP contribution in [-0.4, -0.2) is 49.9 Å². The molecule has 0 aliphatic heterocycles. The fourth-order valence-corrected chi connectivity index (χ4v) is 0.516. The molecule has 0 bridgehead atoms. The molecule has 0 fully saturated rings. The Kier molecular flexibility index (Phi) is 1.66. The molecule has 0 saturated heterocycles. The Morgan fingerprint density at radius 1 is 1.30 bits per heavy atom. The minimum atomic E-state index is -2.58. The van der Waals surface area contributed by atoms with Gasteiger partial charge in [-0.05, 0) is 34.8 Å². The number of nitrogens with zero attached hydrogens (tertiary/aromatic N) is 2. The third kappa shape index (κ3) is 4.77. The van der Waals surface area contributed by atoms with E-state index in [9.17, 15) is 0 Å². The molecule has 0 aromatic rings. The van der Waals surface area contributed by atoms with Crippen LogP contribution in [0.4, 0.5) is 0 Å². The van der Waals surface area contributed by atoms with Crippen LogP contribution in [-0.2, 0) is 0 Å². The molecule has 0 heterocycles. The summed E-state index contributed by atoms with van der Waals surface area (Å²) in [6, 6.07) is 0.259. The molecule has 0 aliphatic rings. The summed E-state index contributed by atoms with van der Waals surface area (Å²) in [5, 5.41) is 0. The van der Waals surface area contributed by atoms with Gasteiger partial charge in [-0.3, -0.25) is 0 Å². The van der Waals surface area contributed by atoms with Crippen LogP contribution in [0.15, 0.2) is 0 Å². The van der Waals surface area contributed by atoms with E-state index >= 15 is 0 Å². The van der Waals surface area contributed by atoms with E-state index < -0.39 is 14.0 Å². The van der Waals surface area contributed by atoms with Crippen molar-refractivity contribution in [2.24, 2.45) is 0 Å². The van der Waals surface area contributed by atoms with E-state index in [2.05, 4.69) is 0 Å². The zero-order valence-corrected chi connectivity index (χ0v) is 6.89. The SMILES string of the molecule is [2H]C([2H])([2H])N(CCN(C)C(C)C)C([2H])([2H])[2H]. The Morgan fingerprint density at radius 2 is 1.90 bits per heavy atom. The summed E-state index contributed by atoms with van der Waals surface area (Å²) in [6.45, 7) is -0.813. The fraction of sp³-hybridized carbons (Fsp3) is 1.00. The van der Waals surface area contributed by atoms with Crippen LogP contribution < -0.4 is 0 Å². The molecule has 2 heteroatoms. The summed E-state index contributed by atoms with van der Waals surface area (Å²) >= 11 is 0. The van der Waals surface area contributed by atoms with Crippen LogP contribution in [0, 0.1) is 0 Å². The van der Waals surface area contributed by atoms with Crippen molar-refractivity contribution in [3.8, 4) is 0 Å². The van der Waals surface area contributed by atoms with Gasteiger partial charge in [0.1, 0.15) is 0 Å². The van der Waals surface area contributed by atoms with Crippen LogP contribution in [0.1, 0.15) is 22.1 Å². The molecular weight excluding hydrogens is 124 g/mol. The second-order valence-corrected chi connectivity index (χ2v) is 2.73. The van der Waals surface area contributed by atoms with Crippen molar-refractivity contribution < 1.29 is 8.22 Å². The topological polar surface area (TPSA) is 6.48 Å². The molecule has 0 amide bonds. The first kappa shape index (κ1) is 3.55. The zero-order valence-electron chi connectivity index (χ0n) is 12.9. The molecule has 0 aromatic carbocycles. The van der Waals surface area contributed by atoms with Crippen molar-refractivity contribution in [1.82, 2.24) is 9.80 Å². The highest BCUT2D eigenvalue weighted by Crippen LogP contribution is 1.91. The maximum Gasteiger partial charge on any atom is 0.0394 e. The summed E-state index contributed by atoms with van der Waals surface area (Å²) in [5.74, 6) is 0. The van der Waals surface area contributed by atoms with Crippen molar-refractivity contribution in [1.29, 1.82) is 0 Å². The maximum absolute atomic E-state index is 7.18. The second kappa shape index (κ2) is 4.69. The standard InChI is InChI=1S/C8H20N2/c1-8(2)10(5)7-6-9(3)4/h8H,6-7H2,1-5H3/i3D3,4D3. The molecular formula is C8H20N2. The van der Waals surface area contributed by atoms with Crippen molar-refractivity contribution >= 4 is 0 Å². The first-order valence-corrected chi connectivity index (χ1v) is 3.44. The number of rotatable bonds is 4. The molecule has 2 nitrogen and oxygen atoms in total. The lowest BCUT2D eigenvalue weighted by molar-refractivity contribution is 0.241. The van der Waals surface area contributed by atoms with Gasteiger partial charge in [-0.25, -0.2) is 0 Å². The highest BCUT2D eigenvalue weighted by atomic mass is 15.2. The molecule has 0 spiro atoms. The van der Waals surface area contributed by atoms with Crippen molar-refractivity contribution in [3.05, 3.63) is 0 Å². The molecule has 0 N–H and O–H groups in total. The fourth-order valence-electron chi connectivity index (χ4n) is 0.516. The highest BCUT2D eigenvalue weighted by molar-refractivity contribution is 4.57. The third-order valence-electron chi connectivity index (χ3n) is 1.56. The van der Waals surface area contributed by atoms with E-state index in [1.165, 1.54) is 0 Å². The third-order valence-corrected chi connectivity index (χ3v) is 1.56. The normalized spacial score (nSPS) is 23.4. The van der Waals surface area contributed by atoms with Crippen LogP contribution in [0.5, 0.6) is 0 Å². The predicted octanol–water partition coefficient (Wildman–Crippen LogP) is 0.888. The average molecular weight is 150 g/mol. The van der Waals surface area contributed by atoms with Crippen LogP contribution in [0.3, 0.4) is 0 Å². The lowest BCUT2D eigenvalue weighted by Gasteiger charge is -2.22. The Hall–Kier alpha value is -0.0800. The number of likely N-dealkylation sites (N-methyl/N-ethyl adjacent to an activating group) is 2. The van der Waals surface area contributed by atoms with Gasteiger partial charge in [0, 0.05) is 27.4 Å². The smallest absolute Gasteiger partial charge is 0.0394 e. The second-order valence-electron chi connectivity index (χ2n) is 2.73. The summed E-state index contributed by atoms with van der Waals surface area (Å²) in [7, 11) is 1.84. The quantitative estimate of drug-likeness (QED) is 0.587. The largest absolute Gasteiger partial charge is 0.308 e. The zero-order chi connectivity index (χ0) is 13.1. The van der Waals surface area contributed by atoms with Gasteiger partial charge in [0.05, 0.1) is 0 Å². The van der Waals surface area contributed by atoms with Crippen LogP contribution >= 0.6 is 0 Å². The maximum atomic E-state index is 7.18. The predicted molar refractivity (Wildman–Crippen MR) is 46.3 cm³/mol. The van der Waals surface area contributed by atoms with Gasteiger partial charge >= 0.3 is 0 Å². The van der Waals surface area contributed by atoms with Crippen LogP contribution in [0.2, 0.25) is 0 Å². The van der Waals surface area contributed by atoms with Gasteiger partial charge in [-0.15, -0.1) is 0 Å². The molecule has 0 rings (SSSR count). The van der Waals surface area contributed by atoms with Gasteiger partial charge in [0.2, 0.25) is 0 Å². The minimum Gasteiger partial charge on any atom is -0.308 e. The summed E-state index contributed by atoms with van der Waals surface area (Å²) < 4.78 is 43.1. The Balaban J connectivity index is 4.48. The molecule has 62 valence electrons. The minimum absolute atomic E-state index is 0.00167. The van der Waals surface area contributed by atoms with Crippen molar-refractivity contribution in [2.75, 3.05) is 34.1 Å². The van der Waals surface area contributed by atoms with E-state index in [1.54, 1.807) is 0 Å². The van der Waals surface area contributed by atoms with Gasteiger partial charge in [0.15, 0.2) is 0 Å². The van der Waals surface area contributed by atoms with Gasteiger partial charge in [0.25, 0.3) is 0 Å². The molecule has 0 unspecified atom stereocenters. The van der Waals surface area contributed by atoms with E-state index in [4.69, 9.17) is 8.22 Å². The van der Waals surface area contributed by atoms with Crippen molar-refractivity contribution in [2.45, 2.75) is 19.9 Å². The summed E-state index contributed by atoms with van der Waals surface area (Å²) in [5.41, 5.74) is 0. The van der Waals surface area contributed by atoms with E-state index in [1.807, 2.05) is 25.8 Å². The molecule has 0 aromatic heterocycles. The van der Waals surface area contributed by atoms with Crippen LogP contribution in [0.25, 0.3) is 0 Å². The van der Waals surface area contributed by atoms with Gasteiger partial charge in [-0.2, -0.15) is 0 Å². The van der Waals surface area contributed by atoms with Gasteiger partial charge in [-0.1, -0.05) is 0 Å². The van der Waals surface area contributed by atoms with E-state index in [-0.39, 0.29) is 12.6 Å².